The molecule has 0 saturated heterocycles. The predicted molar refractivity (Wildman–Crippen MR) is 102 cm³/mol. The van der Waals surface area contributed by atoms with E-state index >= 15 is 0 Å². The summed E-state index contributed by atoms with van der Waals surface area (Å²) >= 11 is 12.7. The molecular formula is C20H16Cl2N2O. The van der Waals surface area contributed by atoms with Gasteiger partial charge in [0.05, 0.1) is 22.2 Å². The van der Waals surface area contributed by atoms with Crippen molar-refractivity contribution in [2.45, 2.75) is 20.3 Å². The summed E-state index contributed by atoms with van der Waals surface area (Å²) < 4.78 is 2.01. The van der Waals surface area contributed by atoms with Crippen molar-refractivity contribution in [3.63, 3.8) is 0 Å². The lowest BCUT2D eigenvalue weighted by Gasteiger charge is -2.12. The molecule has 0 radical (unpaired) electrons. The molecule has 126 valence electrons. The molecule has 0 spiro atoms. The molecule has 0 N–H and O–H groups in total. The number of hydrogen-bond donors (Lipinski definition) is 0. The number of hydrogen-bond acceptors (Lipinski definition) is 2. The highest BCUT2D eigenvalue weighted by Crippen LogP contribution is 2.31. The Bertz CT molecular complexity index is 1060. The zero-order valence-corrected chi connectivity index (χ0v) is 15.7. The van der Waals surface area contributed by atoms with Gasteiger partial charge in [-0.25, -0.2) is 0 Å². The van der Waals surface area contributed by atoms with E-state index in [0.717, 1.165) is 27.7 Å². The minimum absolute atomic E-state index is 0.0224. The van der Waals surface area contributed by atoms with Crippen LogP contribution in [0.2, 0.25) is 10.0 Å². The van der Waals surface area contributed by atoms with Crippen LogP contribution in [0.25, 0.3) is 10.9 Å². The molecule has 0 aliphatic carbocycles. The van der Waals surface area contributed by atoms with Crippen LogP contribution < -0.4 is 0 Å². The van der Waals surface area contributed by atoms with Crippen LogP contribution in [-0.2, 0) is 13.5 Å². The Hall–Kier alpha value is -2.28. The molecule has 0 aliphatic rings. The van der Waals surface area contributed by atoms with E-state index in [1.54, 1.807) is 25.1 Å². The van der Waals surface area contributed by atoms with Crippen LogP contribution in [0.1, 0.15) is 39.7 Å². The number of benzene rings is 2. The molecule has 5 heteroatoms. The zero-order chi connectivity index (χ0) is 18.3. The van der Waals surface area contributed by atoms with E-state index in [4.69, 9.17) is 28.5 Å². The Morgan fingerprint density at radius 2 is 1.92 bits per heavy atom. The lowest BCUT2D eigenvalue weighted by Crippen LogP contribution is -2.04. The number of rotatable bonds is 3. The van der Waals surface area contributed by atoms with Gasteiger partial charge in [-0.2, -0.15) is 5.26 Å². The maximum absolute atomic E-state index is 11.8. The third-order valence-corrected chi connectivity index (χ3v) is 5.29. The molecule has 1 aromatic heterocycles. The predicted octanol–water partition coefficient (Wildman–Crippen LogP) is 5.46. The maximum atomic E-state index is 11.8. The molecule has 0 unspecified atom stereocenters. The van der Waals surface area contributed by atoms with Gasteiger partial charge in [0.2, 0.25) is 0 Å². The average molecular weight is 371 g/mol. The largest absolute Gasteiger partial charge is 0.347 e. The number of fused-ring (bicyclic) bond motifs is 1. The van der Waals surface area contributed by atoms with Crippen LogP contribution in [0.4, 0.5) is 0 Å². The minimum Gasteiger partial charge on any atom is -0.347 e. The standard InChI is InChI=1S/C20H16Cl2N2O/c1-11-15(12(2)25)4-5-18(21)16(11)8-14-9-17-19(22)6-13(10-23)7-20(17)24(14)3/h4-7,9H,8H2,1-3H3. The molecule has 0 aliphatic heterocycles. The van der Waals surface area contributed by atoms with Crippen LogP contribution in [-0.4, -0.2) is 10.4 Å². The van der Waals surface area contributed by atoms with Crippen molar-refractivity contribution in [2.24, 2.45) is 7.05 Å². The van der Waals surface area contributed by atoms with E-state index in [0.29, 0.717) is 27.6 Å². The molecular weight excluding hydrogens is 355 g/mol. The van der Waals surface area contributed by atoms with Crippen LogP contribution in [0, 0.1) is 18.3 Å². The Labute approximate surface area is 156 Å². The van der Waals surface area contributed by atoms with Gasteiger partial charge in [0, 0.05) is 35.1 Å². The molecule has 0 bridgehead atoms. The second-order valence-electron chi connectivity index (χ2n) is 6.13. The molecule has 0 amide bonds. The van der Waals surface area contributed by atoms with Crippen LogP contribution in [0.5, 0.6) is 0 Å². The Morgan fingerprint density at radius 3 is 2.56 bits per heavy atom. The van der Waals surface area contributed by atoms with E-state index in [-0.39, 0.29) is 5.78 Å². The number of carbonyl (C=O) groups is 1. The van der Waals surface area contributed by atoms with Gasteiger partial charge in [-0.15, -0.1) is 0 Å². The third kappa shape index (κ3) is 3.04. The van der Waals surface area contributed by atoms with Crippen molar-refractivity contribution < 1.29 is 4.79 Å². The highest BCUT2D eigenvalue weighted by atomic mass is 35.5. The van der Waals surface area contributed by atoms with Gasteiger partial charge in [-0.05, 0) is 55.3 Å². The molecule has 0 fully saturated rings. The summed E-state index contributed by atoms with van der Waals surface area (Å²) in [7, 11) is 1.94. The van der Waals surface area contributed by atoms with Crippen molar-refractivity contribution in [3.8, 4) is 6.07 Å². The van der Waals surface area contributed by atoms with Crippen LogP contribution >= 0.6 is 23.2 Å². The molecule has 3 nitrogen and oxygen atoms in total. The maximum Gasteiger partial charge on any atom is 0.160 e. The normalized spacial score (nSPS) is 10.9. The molecule has 3 rings (SSSR count). The van der Waals surface area contributed by atoms with Crippen LogP contribution in [0.15, 0.2) is 30.3 Å². The first kappa shape index (κ1) is 17.5. The van der Waals surface area contributed by atoms with Gasteiger partial charge in [0.25, 0.3) is 0 Å². The van der Waals surface area contributed by atoms with E-state index in [9.17, 15) is 4.79 Å². The molecule has 25 heavy (non-hydrogen) atoms. The number of aryl methyl sites for hydroxylation is 1. The number of halogens is 2. The fourth-order valence-corrected chi connectivity index (χ4v) is 3.72. The molecule has 3 aromatic rings. The Kier molecular flexibility index (Phi) is 4.60. The highest BCUT2D eigenvalue weighted by molar-refractivity contribution is 6.35. The van der Waals surface area contributed by atoms with Crippen LogP contribution in [0.3, 0.4) is 0 Å². The zero-order valence-electron chi connectivity index (χ0n) is 14.2. The van der Waals surface area contributed by atoms with Crippen molar-refractivity contribution >= 4 is 39.9 Å². The summed E-state index contributed by atoms with van der Waals surface area (Å²) in [6.07, 6.45) is 0.579. The second kappa shape index (κ2) is 6.55. The fourth-order valence-electron chi connectivity index (χ4n) is 3.18. The first-order valence-corrected chi connectivity index (χ1v) is 8.56. The summed E-state index contributed by atoms with van der Waals surface area (Å²) in [6.45, 7) is 3.47. The number of ketones is 1. The van der Waals surface area contributed by atoms with Gasteiger partial charge in [-0.3, -0.25) is 4.79 Å². The summed E-state index contributed by atoms with van der Waals surface area (Å²) in [5, 5.41) is 11.2. The quantitative estimate of drug-likeness (QED) is 0.574. The molecule has 1 heterocycles. The van der Waals surface area contributed by atoms with Gasteiger partial charge in [-0.1, -0.05) is 23.2 Å². The lowest BCUT2D eigenvalue weighted by molar-refractivity contribution is 0.101. The number of aromatic nitrogens is 1. The molecule has 2 aromatic carbocycles. The van der Waals surface area contributed by atoms with Crippen molar-refractivity contribution in [3.05, 3.63) is 68.3 Å². The van der Waals surface area contributed by atoms with Gasteiger partial charge in [0.1, 0.15) is 0 Å². The van der Waals surface area contributed by atoms with Gasteiger partial charge < -0.3 is 4.57 Å². The summed E-state index contributed by atoms with van der Waals surface area (Å²) in [5.74, 6) is 0.0224. The Morgan fingerprint density at radius 1 is 1.20 bits per heavy atom. The highest BCUT2D eigenvalue weighted by Gasteiger charge is 2.16. The van der Waals surface area contributed by atoms with Crippen molar-refractivity contribution in [1.82, 2.24) is 4.57 Å². The number of nitriles is 1. The van der Waals surface area contributed by atoms with E-state index < -0.39 is 0 Å². The Balaban J connectivity index is 2.15. The summed E-state index contributed by atoms with van der Waals surface area (Å²) in [5.41, 5.74) is 4.94. The summed E-state index contributed by atoms with van der Waals surface area (Å²) in [4.78, 5) is 11.8. The van der Waals surface area contributed by atoms with Gasteiger partial charge >= 0.3 is 0 Å². The van der Waals surface area contributed by atoms with E-state index in [1.165, 1.54) is 0 Å². The number of carbonyl (C=O) groups excluding carboxylic acids is 1. The first-order chi connectivity index (χ1) is 11.8. The topological polar surface area (TPSA) is 45.8 Å². The third-order valence-electron chi connectivity index (χ3n) is 4.62. The molecule has 0 saturated carbocycles. The van der Waals surface area contributed by atoms with E-state index in [1.807, 2.05) is 30.7 Å². The van der Waals surface area contributed by atoms with Gasteiger partial charge in [0.15, 0.2) is 5.78 Å². The monoisotopic (exact) mass is 370 g/mol. The first-order valence-electron chi connectivity index (χ1n) is 7.80. The second-order valence-corrected chi connectivity index (χ2v) is 6.94. The minimum atomic E-state index is 0.0224. The number of Topliss-reactive ketones (excluding diaryl/α,β-unsaturated/α-hetero) is 1. The van der Waals surface area contributed by atoms with E-state index in [2.05, 4.69) is 6.07 Å². The average Bonchev–Trinajstić information content (AvgIpc) is 2.88. The molecule has 0 atom stereocenters. The summed E-state index contributed by atoms with van der Waals surface area (Å²) in [6, 6.07) is 11.2. The number of nitrogens with zero attached hydrogens (tertiary/aromatic N) is 2. The van der Waals surface area contributed by atoms with Crippen molar-refractivity contribution in [2.75, 3.05) is 0 Å². The lowest BCUT2D eigenvalue weighted by atomic mass is 9.96. The fraction of sp³-hybridized carbons (Fsp3) is 0.200. The SMILES string of the molecule is CC(=O)c1ccc(Cl)c(Cc2cc3c(Cl)cc(C#N)cc3n2C)c1C. The van der Waals surface area contributed by atoms with Crippen molar-refractivity contribution in [1.29, 1.82) is 5.26 Å². The smallest absolute Gasteiger partial charge is 0.160 e.